The SMILES string of the molecule is COc1cc(-c2ccc(Cl)cc2Cl)ncc1C(F)(F)F. The van der Waals surface area contributed by atoms with Crippen LogP contribution >= 0.6 is 23.2 Å². The summed E-state index contributed by atoms with van der Waals surface area (Å²) in [5.74, 6) is -0.312. The topological polar surface area (TPSA) is 22.1 Å². The van der Waals surface area contributed by atoms with E-state index < -0.39 is 11.7 Å². The monoisotopic (exact) mass is 321 g/mol. The summed E-state index contributed by atoms with van der Waals surface area (Å²) in [5, 5.41) is 0.726. The largest absolute Gasteiger partial charge is 0.496 e. The van der Waals surface area contributed by atoms with Gasteiger partial charge in [-0.05, 0) is 18.2 Å². The molecule has 0 aliphatic heterocycles. The van der Waals surface area contributed by atoms with Crippen LogP contribution in [-0.4, -0.2) is 12.1 Å². The van der Waals surface area contributed by atoms with Gasteiger partial charge in [0.2, 0.25) is 0 Å². The standard InChI is InChI=1S/C13H8Cl2F3NO/c1-20-12-5-11(19-6-9(12)13(16,17)18)8-3-2-7(14)4-10(8)15/h2-6H,1H3. The van der Waals surface area contributed by atoms with Crippen LogP contribution in [0.5, 0.6) is 5.75 Å². The zero-order valence-corrected chi connectivity index (χ0v) is 11.6. The molecule has 0 fully saturated rings. The Balaban J connectivity index is 2.54. The van der Waals surface area contributed by atoms with E-state index in [1.165, 1.54) is 12.1 Å². The molecule has 106 valence electrons. The van der Waals surface area contributed by atoms with Crippen molar-refractivity contribution < 1.29 is 17.9 Å². The molecule has 0 saturated heterocycles. The lowest BCUT2D eigenvalue weighted by Gasteiger charge is -2.13. The van der Waals surface area contributed by atoms with Crippen LogP contribution in [0.1, 0.15) is 5.56 Å². The molecule has 2 nitrogen and oxygen atoms in total. The first-order chi connectivity index (χ1) is 9.32. The van der Waals surface area contributed by atoms with Crippen molar-refractivity contribution in [2.45, 2.75) is 6.18 Å². The fourth-order valence-electron chi connectivity index (χ4n) is 1.66. The van der Waals surface area contributed by atoms with E-state index in [1.807, 2.05) is 0 Å². The van der Waals surface area contributed by atoms with Crippen molar-refractivity contribution in [3.05, 3.63) is 46.1 Å². The molecule has 1 aromatic carbocycles. The van der Waals surface area contributed by atoms with Crippen LogP contribution in [-0.2, 0) is 6.18 Å². The second-order valence-corrected chi connectivity index (χ2v) is 4.74. The van der Waals surface area contributed by atoms with Gasteiger partial charge in [0.05, 0.1) is 17.8 Å². The van der Waals surface area contributed by atoms with E-state index in [1.54, 1.807) is 12.1 Å². The second kappa shape index (κ2) is 5.50. The molecule has 0 spiro atoms. The molecular weight excluding hydrogens is 314 g/mol. The van der Waals surface area contributed by atoms with Crippen LogP contribution in [0.25, 0.3) is 11.3 Å². The van der Waals surface area contributed by atoms with Gasteiger partial charge in [-0.25, -0.2) is 0 Å². The summed E-state index contributed by atoms with van der Waals surface area (Å²) in [7, 11) is 1.16. The maximum Gasteiger partial charge on any atom is 0.421 e. The molecule has 1 aromatic heterocycles. The number of methoxy groups -OCH3 is 1. The van der Waals surface area contributed by atoms with Crippen LogP contribution in [0.2, 0.25) is 10.0 Å². The smallest absolute Gasteiger partial charge is 0.421 e. The summed E-state index contributed by atoms with van der Waals surface area (Å²) in [5.41, 5.74) is -0.187. The predicted molar refractivity (Wildman–Crippen MR) is 71.2 cm³/mol. The van der Waals surface area contributed by atoms with E-state index in [-0.39, 0.29) is 11.4 Å². The van der Waals surface area contributed by atoms with Crippen LogP contribution in [0.15, 0.2) is 30.5 Å². The first-order valence-corrected chi connectivity index (χ1v) is 6.15. The van der Waals surface area contributed by atoms with E-state index in [0.29, 0.717) is 15.6 Å². The van der Waals surface area contributed by atoms with Gasteiger partial charge >= 0.3 is 6.18 Å². The van der Waals surface area contributed by atoms with Crippen molar-refractivity contribution in [2.24, 2.45) is 0 Å². The minimum Gasteiger partial charge on any atom is -0.496 e. The first-order valence-electron chi connectivity index (χ1n) is 5.39. The fraction of sp³-hybridized carbons (Fsp3) is 0.154. The van der Waals surface area contributed by atoms with E-state index in [2.05, 4.69) is 4.98 Å². The van der Waals surface area contributed by atoms with Gasteiger partial charge in [0, 0.05) is 22.8 Å². The van der Waals surface area contributed by atoms with E-state index in [9.17, 15) is 13.2 Å². The van der Waals surface area contributed by atoms with E-state index in [4.69, 9.17) is 27.9 Å². The van der Waals surface area contributed by atoms with Crippen LogP contribution < -0.4 is 4.74 Å². The summed E-state index contributed by atoms with van der Waals surface area (Å²) >= 11 is 11.8. The Labute approximate surface area is 123 Å². The van der Waals surface area contributed by atoms with Gasteiger partial charge < -0.3 is 4.74 Å². The molecule has 2 rings (SSSR count). The summed E-state index contributed by atoms with van der Waals surface area (Å²) in [6.45, 7) is 0. The van der Waals surface area contributed by atoms with Gasteiger partial charge in [-0.15, -0.1) is 0 Å². The molecule has 0 bridgehead atoms. The molecule has 2 aromatic rings. The third-order valence-corrected chi connectivity index (χ3v) is 3.15. The Hall–Kier alpha value is -1.46. The molecule has 0 aliphatic rings. The first kappa shape index (κ1) is 14.9. The number of pyridine rings is 1. The average molecular weight is 322 g/mol. The molecule has 20 heavy (non-hydrogen) atoms. The molecule has 0 amide bonds. The number of hydrogen-bond donors (Lipinski definition) is 0. The van der Waals surface area contributed by atoms with Crippen LogP contribution in [0.3, 0.4) is 0 Å². The minimum atomic E-state index is -4.53. The molecule has 0 saturated carbocycles. The maximum atomic E-state index is 12.7. The third-order valence-electron chi connectivity index (χ3n) is 2.60. The van der Waals surface area contributed by atoms with Crippen molar-refractivity contribution in [3.63, 3.8) is 0 Å². The fourth-order valence-corrected chi connectivity index (χ4v) is 2.17. The summed E-state index contributed by atoms with van der Waals surface area (Å²) in [4.78, 5) is 3.79. The lowest BCUT2D eigenvalue weighted by Crippen LogP contribution is -2.08. The lowest BCUT2D eigenvalue weighted by molar-refractivity contribution is -0.139. The number of halogens is 5. The molecule has 7 heteroatoms. The Morgan fingerprint density at radius 2 is 1.85 bits per heavy atom. The quantitative estimate of drug-likeness (QED) is 0.769. The number of nitrogens with zero attached hydrogens (tertiary/aromatic N) is 1. The molecule has 0 radical (unpaired) electrons. The van der Waals surface area contributed by atoms with Gasteiger partial charge in [-0.3, -0.25) is 4.98 Å². The predicted octanol–water partition coefficient (Wildman–Crippen LogP) is 5.08. The highest BCUT2D eigenvalue weighted by Crippen LogP contribution is 2.38. The Bertz CT molecular complexity index is 644. The zero-order valence-electron chi connectivity index (χ0n) is 10.1. The lowest BCUT2D eigenvalue weighted by atomic mass is 10.1. The minimum absolute atomic E-state index is 0.275. The van der Waals surface area contributed by atoms with Gasteiger partial charge in [0.25, 0.3) is 0 Å². The number of hydrogen-bond acceptors (Lipinski definition) is 2. The second-order valence-electron chi connectivity index (χ2n) is 3.89. The molecule has 0 unspecified atom stereocenters. The van der Waals surface area contributed by atoms with Gasteiger partial charge in [-0.2, -0.15) is 13.2 Å². The van der Waals surface area contributed by atoms with E-state index >= 15 is 0 Å². The number of ether oxygens (including phenoxy) is 1. The molecule has 0 atom stereocenters. The molecule has 0 aliphatic carbocycles. The van der Waals surface area contributed by atoms with Gasteiger partial charge in [-0.1, -0.05) is 23.2 Å². The van der Waals surface area contributed by atoms with Crippen molar-refractivity contribution in [1.82, 2.24) is 4.98 Å². The highest BCUT2D eigenvalue weighted by molar-refractivity contribution is 6.36. The third kappa shape index (κ3) is 2.99. The summed E-state index contributed by atoms with van der Waals surface area (Å²) in [6.07, 6.45) is -3.81. The number of benzene rings is 1. The number of alkyl halides is 3. The van der Waals surface area contributed by atoms with E-state index in [0.717, 1.165) is 13.3 Å². The van der Waals surface area contributed by atoms with Gasteiger partial charge in [0.1, 0.15) is 11.3 Å². The maximum absolute atomic E-state index is 12.7. The summed E-state index contributed by atoms with van der Waals surface area (Å²) < 4.78 is 43.0. The molecule has 0 N–H and O–H groups in total. The molecule has 1 heterocycles. The van der Waals surface area contributed by atoms with Gasteiger partial charge in [0.15, 0.2) is 0 Å². The number of rotatable bonds is 2. The Morgan fingerprint density at radius 3 is 2.40 bits per heavy atom. The van der Waals surface area contributed by atoms with Crippen molar-refractivity contribution in [3.8, 4) is 17.0 Å². The summed E-state index contributed by atoms with van der Waals surface area (Å²) in [6, 6.07) is 5.84. The Morgan fingerprint density at radius 1 is 1.15 bits per heavy atom. The normalized spacial score (nSPS) is 11.5. The zero-order chi connectivity index (χ0) is 14.9. The van der Waals surface area contributed by atoms with Crippen molar-refractivity contribution in [2.75, 3.05) is 7.11 Å². The van der Waals surface area contributed by atoms with Crippen LogP contribution in [0, 0.1) is 0 Å². The Kier molecular flexibility index (Phi) is 4.11. The van der Waals surface area contributed by atoms with Crippen molar-refractivity contribution >= 4 is 23.2 Å². The van der Waals surface area contributed by atoms with Crippen molar-refractivity contribution in [1.29, 1.82) is 0 Å². The molecular formula is C13H8Cl2F3NO. The average Bonchev–Trinajstić information content (AvgIpc) is 2.37. The highest BCUT2D eigenvalue weighted by atomic mass is 35.5. The van der Waals surface area contributed by atoms with Crippen LogP contribution in [0.4, 0.5) is 13.2 Å². The highest BCUT2D eigenvalue weighted by Gasteiger charge is 2.35. The number of aromatic nitrogens is 1.